The number of phenols is 1. The lowest BCUT2D eigenvalue weighted by molar-refractivity contribution is -0.132. The number of phenolic OH excluding ortho intramolecular Hbond substituents is 1. The number of Topliss-reactive ketones (excluding diaryl/α,β-unsaturated/α-hetero) is 1. The number of imidazole rings is 1. The number of aliphatic hydroxyl groups excluding tert-OH is 1. The molecule has 5 rings (SSSR count). The van der Waals surface area contributed by atoms with Gasteiger partial charge in [0.05, 0.1) is 36.4 Å². The topological polar surface area (TPSA) is 125 Å². The molecule has 0 bridgehead atoms. The lowest BCUT2D eigenvalue weighted by atomic mass is 9.93. The highest BCUT2D eigenvalue weighted by atomic mass is 16.5. The molecule has 0 aliphatic carbocycles. The molecule has 194 valence electrons. The molecule has 1 unspecified atom stereocenters. The van der Waals surface area contributed by atoms with E-state index in [-0.39, 0.29) is 28.8 Å². The number of ketones is 1. The first-order valence-corrected chi connectivity index (χ1v) is 12.1. The van der Waals surface area contributed by atoms with Crippen LogP contribution in [0.15, 0.2) is 60.2 Å². The number of aromatic hydroxyl groups is 1. The van der Waals surface area contributed by atoms with Crippen molar-refractivity contribution in [3.05, 3.63) is 82.4 Å². The van der Waals surface area contributed by atoms with Crippen molar-refractivity contribution in [2.24, 2.45) is 0 Å². The number of anilines is 1. The third kappa shape index (κ3) is 4.11. The van der Waals surface area contributed by atoms with E-state index in [2.05, 4.69) is 9.97 Å². The lowest BCUT2D eigenvalue weighted by Gasteiger charge is -2.24. The van der Waals surface area contributed by atoms with E-state index in [0.29, 0.717) is 40.1 Å². The maximum Gasteiger partial charge on any atom is 0.302 e. The molecule has 9 heteroatoms. The number of amides is 1. The Labute approximate surface area is 219 Å². The zero-order chi connectivity index (χ0) is 27.1. The van der Waals surface area contributed by atoms with E-state index in [1.165, 1.54) is 18.1 Å². The second-order valence-electron chi connectivity index (χ2n) is 9.09. The number of carbonyl (C=O) groups is 2. The van der Waals surface area contributed by atoms with Gasteiger partial charge in [-0.25, -0.2) is 4.98 Å². The van der Waals surface area contributed by atoms with E-state index >= 15 is 0 Å². The van der Waals surface area contributed by atoms with Gasteiger partial charge in [0.25, 0.3) is 5.78 Å². The number of fused-ring (bicyclic) bond motifs is 1. The van der Waals surface area contributed by atoms with Gasteiger partial charge >= 0.3 is 5.91 Å². The number of carbonyl (C=O) groups excluding carboxylic acids is 2. The minimum Gasteiger partial charge on any atom is -0.507 e. The molecule has 0 spiro atoms. The average molecular weight is 514 g/mol. The Morgan fingerprint density at radius 1 is 1.08 bits per heavy atom. The van der Waals surface area contributed by atoms with Crippen molar-refractivity contribution >= 4 is 34.4 Å². The smallest absolute Gasteiger partial charge is 0.302 e. The first-order valence-electron chi connectivity index (χ1n) is 12.1. The van der Waals surface area contributed by atoms with Crippen molar-refractivity contribution in [3.63, 3.8) is 0 Å². The van der Waals surface area contributed by atoms with Gasteiger partial charge in [-0.05, 0) is 79.9 Å². The number of aromatic amines is 1. The van der Waals surface area contributed by atoms with E-state index < -0.39 is 17.7 Å². The predicted molar refractivity (Wildman–Crippen MR) is 143 cm³/mol. The first-order chi connectivity index (χ1) is 18.2. The van der Waals surface area contributed by atoms with Gasteiger partial charge in [-0.1, -0.05) is 12.1 Å². The number of methoxy groups -OCH3 is 1. The minimum absolute atomic E-state index is 0.0854. The maximum atomic E-state index is 13.5. The number of aliphatic hydroxyl groups is 1. The van der Waals surface area contributed by atoms with Crippen LogP contribution in [-0.2, 0) is 9.59 Å². The number of nitrogens with one attached hydrogen (secondary N) is 1. The van der Waals surface area contributed by atoms with Crippen molar-refractivity contribution < 1.29 is 29.3 Å². The first kappa shape index (κ1) is 24.9. The van der Waals surface area contributed by atoms with Crippen LogP contribution in [0.5, 0.6) is 17.2 Å². The van der Waals surface area contributed by atoms with E-state index in [1.807, 2.05) is 25.1 Å². The molecule has 1 amide bonds. The fourth-order valence-electron chi connectivity index (χ4n) is 4.74. The molecule has 0 saturated carbocycles. The van der Waals surface area contributed by atoms with Gasteiger partial charge in [0, 0.05) is 5.56 Å². The molecule has 3 N–H and O–H groups in total. The third-order valence-corrected chi connectivity index (χ3v) is 6.59. The fraction of sp³-hybridized carbons (Fsp3) is 0.207. The number of rotatable bonds is 6. The third-order valence-electron chi connectivity index (χ3n) is 6.59. The highest BCUT2D eigenvalue weighted by molar-refractivity contribution is 6.51. The molecule has 3 aromatic carbocycles. The predicted octanol–water partition coefficient (Wildman–Crippen LogP) is 4.92. The number of nitrogens with zero attached hydrogens (tertiary/aromatic N) is 2. The van der Waals surface area contributed by atoms with E-state index in [4.69, 9.17) is 9.47 Å². The number of benzene rings is 3. The summed E-state index contributed by atoms with van der Waals surface area (Å²) in [4.78, 5) is 36.0. The molecule has 0 radical (unpaired) electrons. The molecule has 2 heterocycles. The van der Waals surface area contributed by atoms with Crippen molar-refractivity contribution in [2.75, 3.05) is 18.6 Å². The Balaban J connectivity index is 1.75. The number of H-pyrrole nitrogens is 1. The molecule has 9 nitrogen and oxygen atoms in total. The zero-order valence-corrected chi connectivity index (χ0v) is 21.4. The lowest BCUT2D eigenvalue weighted by Crippen LogP contribution is -2.30. The summed E-state index contributed by atoms with van der Waals surface area (Å²) in [6.45, 7) is 5.79. The Morgan fingerprint density at radius 2 is 1.87 bits per heavy atom. The largest absolute Gasteiger partial charge is 0.507 e. The minimum atomic E-state index is -1.04. The van der Waals surface area contributed by atoms with Gasteiger partial charge < -0.3 is 24.7 Å². The van der Waals surface area contributed by atoms with Gasteiger partial charge in [0.1, 0.15) is 11.5 Å². The van der Waals surface area contributed by atoms with Gasteiger partial charge in [0.15, 0.2) is 11.5 Å². The molecule has 1 atom stereocenters. The maximum absolute atomic E-state index is 13.5. The van der Waals surface area contributed by atoms with Crippen molar-refractivity contribution in [1.82, 2.24) is 9.97 Å². The van der Waals surface area contributed by atoms with Crippen LogP contribution in [0.4, 0.5) is 5.95 Å². The number of aryl methyl sites for hydroxylation is 2. The highest BCUT2D eigenvalue weighted by Gasteiger charge is 2.48. The standard InChI is InChI=1S/C29H27N3O6/c1-5-38-23-14-17(7-11-22(23)33)25-24(26(34)19-9-8-18(37-4)13-16(19)3)27(35)28(36)32(25)29-30-20-10-6-15(2)12-21(20)31-29/h6-14,25,33-34H,5H2,1-4H3,(H,30,31)/b26-24+. The van der Waals surface area contributed by atoms with Crippen LogP contribution in [0, 0.1) is 13.8 Å². The van der Waals surface area contributed by atoms with Gasteiger partial charge in [0.2, 0.25) is 5.95 Å². The van der Waals surface area contributed by atoms with Crippen LogP contribution < -0.4 is 14.4 Å². The highest BCUT2D eigenvalue weighted by Crippen LogP contribution is 2.44. The summed E-state index contributed by atoms with van der Waals surface area (Å²) in [5, 5.41) is 21.8. The van der Waals surface area contributed by atoms with Crippen molar-refractivity contribution in [3.8, 4) is 17.2 Å². The molecule has 1 fully saturated rings. The second kappa shape index (κ2) is 9.59. The quantitative estimate of drug-likeness (QED) is 0.190. The van der Waals surface area contributed by atoms with E-state index in [0.717, 1.165) is 5.56 Å². The van der Waals surface area contributed by atoms with Crippen LogP contribution in [-0.4, -0.2) is 45.6 Å². The Morgan fingerprint density at radius 3 is 2.58 bits per heavy atom. The molecular formula is C29H27N3O6. The molecule has 4 aromatic rings. The van der Waals surface area contributed by atoms with Gasteiger partial charge in [-0.15, -0.1) is 0 Å². The number of hydrogen-bond acceptors (Lipinski definition) is 7. The molecule has 1 aliphatic rings. The van der Waals surface area contributed by atoms with Crippen molar-refractivity contribution in [1.29, 1.82) is 0 Å². The summed E-state index contributed by atoms with van der Waals surface area (Å²) >= 11 is 0. The van der Waals surface area contributed by atoms with Crippen LogP contribution >= 0.6 is 0 Å². The molecule has 38 heavy (non-hydrogen) atoms. The SMILES string of the molecule is CCOc1cc(C2/C(=C(\O)c3ccc(OC)cc3C)C(=O)C(=O)N2c2nc3ccc(C)cc3[nH]2)ccc1O. The summed E-state index contributed by atoms with van der Waals surface area (Å²) < 4.78 is 10.8. The summed E-state index contributed by atoms with van der Waals surface area (Å²) in [5.74, 6) is -1.17. The molecule has 1 aliphatic heterocycles. The van der Waals surface area contributed by atoms with Crippen LogP contribution in [0.3, 0.4) is 0 Å². The summed E-state index contributed by atoms with van der Waals surface area (Å²) in [6.07, 6.45) is 0. The number of ether oxygens (including phenoxy) is 2. The molecule has 1 aromatic heterocycles. The van der Waals surface area contributed by atoms with Crippen LogP contribution in [0.25, 0.3) is 16.8 Å². The van der Waals surface area contributed by atoms with Gasteiger partial charge in [-0.3, -0.25) is 14.5 Å². The Kier molecular flexibility index (Phi) is 6.28. The fourth-order valence-corrected chi connectivity index (χ4v) is 4.74. The normalized spacial score (nSPS) is 16.8. The average Bonchev–Trinajstić information content (AvgIpc) is 3.42. The summed E-state index contributed by atoms with van der Waals surface area (Å²) in [5.41, 5.74) is 3.72. The monoisotopic (exact) mass is 513 g/mol. The number of aromatic nitrogens is 2. The van der Waals surface area contributed by atoms with Crippen LogP contribution in [0.1, 0.15) is 35.2 Å². The Bertz CT molecular complexity index is 1620. The van der Waals surface area contributed by atoms with E-state index in [9.17, 15) is 19.8 Å². The summed E-state index contributed by atoms with van der Waals surface area (Å²) in [6, 6.07) is 14.2. The molecular weight excluding hydrogens is 486 g/mol. The van der Waals surface area contributed by atoms with Crippen molar-refractivity contribution in [2.45, 2.75) is 26.8 Å². The zero-order valence-electron chi connectivity index (χ0n) is 21.4. The Hall–Kier alpha value is -4.79. The summed E-state index contributed by atoms with van der Waals surface area (Å²) in [7, 11) is 1.54. The second-order valence-corrected chi connectivity index (χ2v) is 9.09. The van der Waals surface area contributed by atoms with Gasteiger partial charge in [-0.2, -0.15) is 0 Å². The molecule has 1 saturated heterocycles. The number of hydrogen-bond donors (Lipinski definition) is 3. The van der Waals surface area contributed by atoms with Crippen LogP contribution in [0.2, 0.25) is 0 Å². The van der Waals surface area contributed by atoms with E-state index in [1.54, 1.807) is 44.2 Å².